The molecule has 1 aromatic carbocycles. The van der Waals surface area contributed by atoms with Crippen LogP contribution in [0.5, 0.6) is 0 Å². The summed E-state index contributed by atoms with van der Waals surface area (Å²) < 4.78 is 2.59. The lowest BCUT2D eigenvalue weighted by Gasteiger charge is -2.04. The van der Waals surface area contributed by atoms with E-state index >= 15 is 0 Å². The third-order valence-corrected chi connectivity index (χ3v) is 3.07. The molecule has 0 radical (unpaired) electrons. The summed E-state index contributed by atoms with van der Waals surface area (Å²) in [6, 6.07) is 7.29. The quantitative estimate of drug-likeness (QED) is 0.947. The summed E-state index contributed by atoms with van der Waals surface area (Å²) in [5.74, 6) is -0.126. The summed E-state index contributed by atoms with van der Waals surface area (Å²) in [5, 5.41) is 7.17. The topological polar surface area (TPSA) is 46.9 Å². The molecule has 0 fully saturated rings. The summed E-state index contributed by atoms with van der Waals surface area (Å²) in [6.45, 7) is 2.01. The molecule has 4 nitrogen and oxygen atoms in total. The molecular weight excluding hydrogens is 294 g/mol. The molecular formula is C13H14BrN3O. The fraction of sp³-hybridized carbons (Fsp3) is 0.231. The van der Waals surface area contributed by atoms with Crippen molar-refractivity contribution >= 4 is 27.5 Å². The van der Waals surface area contributed by atoms with Gasteiger partial charge in [-0.25, -0.2) is 0 Å². The smallest absolute Gasteiger partial charge is 0.255 e. The number of aryl methyl sites for hydroxylation is 2. The highest BCUT2D eigenvalue weighted by molar-refractivity contribution is 9.10. The van der Waals surface area contributed by atoms with Gasteiger partial charge < -0.3 is 5.32 Å². The van der Waals surface area contributed by atoms with Gasteiger partial charge in [0.05, 0.1) is 11.4 Å². The van der Waals surface area contributed by atoms with Crippen molar-refractivity contribution < 1.29 is 4.79 Å². The van der Waals surface area contributed by atoms with Gasteiger partial charge in [-0.05, 0) is 24.6 Å². The third kappa shape index (κ3) is 2.79. The van der Waals surface area contributed by atoms with Crippen LogP contribution in [0.1, 0.15) is 23.0 Å². The number of nitrogens with one attached hydrogen (secondary N) is 1. The van der Waals surface area contributed by atoms with E-state index in [-0.39, 0.29) is 5.91 Å². The molecule has 0 aliphatic carbocycles. The number of amides is 1. The van der Waals surface area contributed by atoms with Crippen LogP contribution in [-0.4, -0.2) is 15.7 Å². The Bertz CT molecular complexity index is 577. The van der Waals surface area contributed by atoms with Crippen molar-refractivity contribution in [3.8, 4) is 0 Å². The molecule has 94 valence electrons. The van der Waals surface area contributed by atoms with Gasteiger partial charge in [-0.3, -0.25) is 9.48 Å². The van der Waals surface area contributed by atoms with E-state index in [4.69, 9.17) is 0 Å². The molecule has 5 heteroatoms. The van der Waals surface area contributed by atoms with Gasteiger partial charge in [0.25, 0.3) is 5.91 Å². The van der Waals surface area contributed by atoms with Gasteiger partial charge in [-0.2, -0.15) is 5.10 Å². The second-order valence-corrected chi connectivity index (χ2v) is 4.90. The highest BCUT2D eigenvalue weighted by Gasteiger charge is 2.11. The molecule has 0 atom stereocenters. The molecule has 0 aliphatic rings. The van der Waals surface area contributed by atoms with Crippen LogP contribution in [0.4, 0.5) is 5.69 Å². The Balaban J connectivity index is 2.21. The second kappa shape index (κ2) is 5.35. The van der Waals surface area contributed by atoms with Crippen LogP contribution in [0.25, 0.3) is 0 Å². The standard InChI is InChI=1S/C13H14BrN3O/c1-3-11-12(8-17(2)16-11)15-13(18)9-5-4-6-10(14)7-9/h4-8H,3H2,1-2H3,(H,15,18). The largest absolute Gasteiger partial charge is 0.319 e. The van der Waals surface area contributed by atoms with Crippen molar-refractivity contribution in [2.75, 3.05) is 5.32 Å². The molecule has 1 amide bonds. The number of carbonyl (C=O) groups excluding carboxylic acids is 1. The normalized spacial score (nSPS) is 10.4. The number of carbonyl (C=O) groups is 1. The maximum Gasteiger partial charge on any atom is 0.255 e. The number of hydrogen-bond acceptors (Lipinski definition) is 2. The second-order valence-electron chi connectivity index (χ2n) is 3.98. The lowest BCUT2D eigenvalue weighted by molar-refractivity contribution is 0.102. The van der Waals surface area contributed by atoms with E-state index in [1.807, 2.05) is 32.3 Å². The Morgan fingerprint density at radius 2 is 2.28 bits per heavy atom. The zero-order valence-electron chi connectivity index (χ0n) is 10.3. The number of halogens is 1. The van der Waals surface area contributed by atoms with E-state index in [1.165, 1.54) is 0 Å². The SMILES string of the molecule is CCc1nn(C)cc1NC(=O)c1cccc(Br)c1. The molecule has 0 bridgehead atoms. The average molecular weight is 308 g/mol. The molecule has 0 spiro atoms. The zero-order valence-corrected chi connectivity index (χ0v) is 11.9. The minimum atomic E-state index is -0.126. The lowest BCUT2D eigenvalue weighted by Crippen LogP contribution is -2.12. The first-order valence-corrected chi connectivity index (χ1v) is 6.49. The van der Waals surface area contributed by atoms with Gasteiger partial charge >= 0.3 is 0 Å². The Labute approximate surface area is 114 Å². The maximum atomic E-state index is 12.1. The van der Waals surface area contributed by atoms with Gasteiger partial charge in [-0.15, -0.1) is 0 Å². The third-order valence-electron chi connectivity index (χ3n) is 2.58. The van der Waals surface area contributed by atoms with Crippen LogP contribution >= 0.6 is 15.9 Å². The first-order valence-electron chi connectivity index (χ1n) is 5.69. The van der Waals surface area contributed by atoms with Crippen LogP contribution in [0.15, 0.2) is 34.9 Å². The molecule has 1 N–H and O–H groups in total. The van der Waals surface area contributed by atoms with Crippen molar-refractivity contribution in [3.63, 3.8) is 0 Å². The van der Waals surface area contributed by atoms with Gasteiger partial charge in [0.2, 0.25) is 0 Å². The average Bonchev–Trinajstić information content (AvgIpc) is 2.69. The van der Waals surface area contributed by atoms with E-state index in [9.17, 15) is 4.79 Å². The molecule has 1 aromatic heterocycles. The molecule has 0 unspecified atom stereocenters. The molecule has 0 saturated heterocycles. The summed E-state index contributed by atoms with van der Waals surface area (Å²) in [6.07, 6.45) is 2.60. The Morgan fingerprint density at radius 1 is 1.50 bits per heavy atom. The monoisotopic (exact) mass is 307 g/mol. The number of aromatic nitrogens is 2. The zero-order chi connectivity index (χ0) is 13.1. The first-order chi connectivity index (χ1) is 8.60. The van der Waals surface area contributed by atoms with Gasteiger partial charge in [-0.1, -0.05) is 28.9 Å². The van der Waals surface area contributed by atoms with Gasteiger partial charge in [0.1, 0.15) is 0 Å². The van der Waals surface area contributed by atoms with Crippen LogP contribution in [0.3, 0.4) is 0 Å². The van der Waals surface area contributed by atoms with Crippen LogP contribution in [-0.2, 0) is 13.5 Å². The Morgan fingerprint density at radius 3 is 2.94 bits per heavy atom. The summed E-state index contributed by atoms with van der Waals surface area (Å²) in [4.78, 5) is 12.1. The van der Waals surface area contributed by atoms with Gasteiger partial charge in [0.15, 0.2) is 0 Å². The Hall–Kier alpha value is -1.62. The minimum absolute atomic E-state index is 0.126. The Kier molecular flexibility index (Phi) is 3.81. The molecule has 18 heavy (non-hydrogen) atoms. The van der Waals surface area contributed by atoms with E-state index in [0.29, 0.717) is 5.56 Å². The molecule has 0 aliphatic heterocycles. The number of hydrogen-bond donors (Lipinski definition) is 1. The predicted molar refractivity (Wildman–Crippen MR) is 74.7 cm³/mol. The first kappa shape index (κ1) is 12.8. The highest BCUT2D eigenvalue weighted by atomic mass is 79.9. The van der Waals surface area contributed by atoms with Crippen molar-refractivity contribution in [2.45, 2.75) is 13.3 Å². The predicted octanol–water partition coefficient (Wildman–Crippen LogP) is 3.00. The molecule has 2 aromatic rings. The van der Waals surface area contributed by atoms with Crippen molar-refractivity contribution in [1.29, 1.82) is 0 Å². The fourth-order valence-electron chi connectivity index (χ4n) is 1.72. The number of nitrogens with zero attached hydrogens (tertiary/aromatic N) is 2. The number of benzene rings is 1. The van der Waals surface area contributed by atoms with Crippen LogP contribution in [0, 0.1) is 0 Å². The summed E-state index contributed by atoms with van der Waals surface area (Å²) in [5.41, 5.74) is 2.28. The van der Waals surface area contributed by atoms with Crippen LogP contribution < -0.4 is 5.32 Å². The van der Waals surface area contributed by atoms with Crippen molar-refractivity contribution in [1.82, 2.24) is 9.78 Å². The number of rotatable bonds is 3. The van der Waals surface area contributed by atoms with Crippen LogP contribution in [0.2, 0.25) is 0 Å². The summed E-state index contributed by atoms with van der Waals surface area (Å²) >= 11 is 3.35. The number of anilines is 1. The fourth-order valence-corrected chi connectivity index (χ4v) is 2.12. The molecule has 2 rings (SSSR count). The molecule has 0 saturated carbocycles. The van der Waals surface area contributed by atoms with Crippen molar-refractivity contribution in [3.05, 3.63) is 46.2 Å². The van der Waals surface area contributed by atoms with E-state index in [1.54, 1.807) is 16.8 Å². The van der Waals surface area contributed by atoms with E-state index in [0.717, 1.165) is 22.3 Å². The minimum Gasteiger partial charge on any atom is -0.319 e. The van der Waals surface area contributed by atoms with Crippen molar-refractivity contribution in [2.24, 2.45) is 7.05 Å². The maximum absolute atomic E-state index is 12.1. The van der Waals surface area contributed by atoms with E-state index < -0.39 is 0 Å². The highest BCUT2D eigenvalue weighted by Crippen LogP contribution is 2.17. The van der Waals surface area contributed by atoms with E-state index in [2.05, 4.69) is 26.3 Å². The lowest BCUT2D eigenvalue weighted by atomic mass is 10.2. The molecule has 1 heterocycles. The van der Waals surface area contributed by atoms with Gasteiger partial charge in [0, 0.05) is 23.3 Å². The summed E-state index contributed by atoms with van der Waals surface area (Å²) in [7, 11) is 1.84.